The zero-order valence-corrected chi connectivity index (χ0v) is 12.5. The SMILES string of the molecule is COC(=O)C1=C(Nc2cc(F)ccc2Cl)C(=O)N(CCO)C1. The smallest absolute Gasteiger partial charge is 0.337 e. The van der Waals surface area contributed by atoms with Gasteiger partial charge in [0.1, 0.15) is 11.5 Å². The van der Waals surface area contributed by atoms with Crippen LogP contribution < -0.4 is 5.32 Å². The Labute approximate surface area is 131 Å². The highest BCUT2D eigenvalue weighted by Crippen LogP contribution is 2.28. The van der Waals surface area contributed by atoms with Crippen molar-refractivity contribution in [2.24, 2.45) is 0 Å². The van der Waals surface area contributed by atoms with Gasteiger partial charge >= 0.3 is 5.97 Å². The zero-order chi connectivity index (χ0) is 16.3. The molecule has 22 heavy (non-hydrogen) atoms. The summed E-state index contributed by atoms with van der Waals surface area (Å²) in [6.07, 6.45) is 0. The maximum Gasteiger partial charge on any atom is 0.337 e. The molecule has 0 saturated heterocycles. The van der Waals surface area contributed by atoms with Gasteiger partial charge in [-0.25, -0.2) is 9.18 Å². The van der Waals surface area contributed by atoms with Gasteiger partial charge in [-0.3, -0.25) is 4.79 Å². The number of esters is 1. The maximum absolute atomic E-state index is 13.3. The van der Waals surface area contributed by atoms with Gasteiger partial charge in [0, 0.05) is 6.54 Å². The van der Waals surface area contributed by atoms with Crippen molar-refractivity contribution in [2.45, 2.75) is 0 Å². The van der Waals surface area contributed by atoms with Gasteiger partial charge < -0.3 is 20.1 Å². The Hall–Kier alpha value is -2.12. The average molecular weight is 329 g/mol. The van der Waals surface area contributed by atoms with Crippen LogP contribution in [0.25, 0.3) is 0 Å². The molecule has 118 valence electrons. The van der Waals surface area contributed by atoms with Gasteiger partial charge in [-0.05, 0) is 18.2 Å². The van der Waals surface area contributed by atoms with Crippen LogP contribution in [0, 0.1) is 5.82 Å². The number of rotatable bonds is 5. The van der Waals surface area contributed by atoms with E-state index in [-0.39, 0.29) is 41.7 Å². The molecular formula is C14H14ClFN2O4. The van der Waals surface area contributed by atoms with E-state index < -0.39 is 17.7 Å². The Kier molecular flexibility index (Phi) is 4.99. The Bertz CT molecular complexity index is 648. The Balaban J connectivity index is 2.36. The molecule has 6 nitrogen and oxygen atoms in total. The number of nitrogens with zero attached hydrogens (tertiary/aromatic N) is 1. The monoisotopic (exact) mass is 328 g/mol. The molecule has 2 rings (SSSR count). The summed E-state index contributed by atoms with van der Waals surface area (Å²) in [5.74, 6) is -1.71. The van der Waals surface area contributed by atoms with Gasteiger partial charge in [0.25, 0.3) is 5.91 Å². The topological polar surface area (TPSA) is 78.9 Å². The van der Waals surface area contributed by atoms with Crippen molar-refractivity contribution >= 4 is 29.2 Å². The predicted octanol–water partition coefficient (Wildman–Crippen LogP) is 1.15. The number of methoxy groups -OCH3 is 1. The molecule has 1 heterocycles. The van der Waals surface area contributed by atoms with E-state index in [1.165, 1.54) is 24.1 Å². The lowest BCUT2D eigenvalue weighted by Crippen LogP contribution is -2.31. The van der Waals surface area contributed by atoms with Crippen molar-refractivity contribution in [3.05, 3.63) is 40.3 Å². The predicted molar refractivity (Wildman–Crippen MR) is 77.7 cm³/mol. The third-order valence-electron chi connectivity index (χ3n) is 3.14. The fourth-order valence-electron chi connectivity index (χ4n) is 2.08. The number of carbonyl (C=O) groups excluding carboxylic acids is 2. The molecule has 1 aliphatic heterocycles. The van der Waals surface area contributed by atoms with Crippen LogP contribution in [0.4, 0.5) is 10.1 Å². The number of hydrogen-bond acceptors (Lipinski definition) is 5. The van der Waals surface area contributed by atoms with E-state index in [4.69, 9.17) is 16.7 Å². The molecule has 1 aliphatic rings. The average Bonchev–Trinajstić information content (AvgIpc) is 2.80. The highest BCUT2D eigenvalue weighted by atomic mass is 35.5. The van der Waals surface area contributed by atoms with Crippen LogP contribution >= 0.6 is 11.6 Å². The molecule has 0 saturated carbocycles. The van der Waals surface area contributed by atoms with E-state index >= 15 is 0 Å². The molecule has 1 aromatic rings. The molecule has 1 amide bonds. The maximum atomic E-state index is 13.3. The molecule has 1 aromatic carbocycles. The summed E-state index contributed by atoms with van der Waals surface area (Å²) < 4.78 is 17.9. The highest BCUT2D eigenvalue weighted by Gasteiger charge is 2.34. The van der Waals surface area contributed by atoms with Crippen LogP contribution in [0.1, 0.15) is 0 Å². The van der Waals surface area contributed by atoms with Crippen LogP contribution in [0.2, 0.25) is 5.02 Å². The second kappa shape index (κ2) is 6.76. The lowest BCUT2D eigenvalue weighted by atomic mass is 10.2. The lowest BCUT2D eigenvalue weighted by molar-refractivity contribution is -0.136. The molecule has 8 heteroatoms. The van der Waals surface area contributed by atoms with Crippen molar-refractivity contribution in [1.82, 2.24) is 4.90 Å². The summed E-state index contributed by atoms with van der Waals surface area (Å²) in [6, 6.07) is 3.63. The molecule has 0 aromatic heterocycles. The second-order valence-corrected chi connectivity index (χ2v) is 4.95. The number of aliphatic hydroxyl groups is 1. The fraction of sp³-hybridized carbons (Fsp3) is 0.286. The number of hydrogen-bond donors (Lipinski definition) is 2. The largest absolute Gasteiger partial charge is 0.466 e. The van der Waals surface area contributed by atoms with Crippen LogP contribution in [0.5, 0.6) is 0 Å². The van der Waals surface area contributed by atoms with E-state index in [1.54, 1.807) is 0 Å². The number of ether oxygens (including phenoxy) is 1. The van der Waals surface area contributed by atoms with E-state index in [0.717, 1.165) is 6.07 Å². The van der Waals surface area contributed by atoms with Crippen LogP contribution in [0.15, 0.2) is 29.5 Å². The molecule has 0 unspecified atom stereocenters. The Morgan fingerprint density at radius 1 is 1.55 bits per heavy atom. The number of anilines is 1. The van der Waals surface area contributed by atoms with Gasteiger partial charge in [-0.2, -0.15) is 0 Å². The summed E-state index contributed by atoms with van der Waals surface area (Å²) in [6.45, 7) is -0.170. The summed E-state index contributed by atoms with van der Waals surface area (Å²) in [4.78, 5) is 25.3. The number of halogens is 2. The van der Waals surface area contributed by atoms with Crippen molar-refractivity contribution in [3.63, 3.8) is 0 Å². The lowest BCUT2D eigenvalue weighted by Gasteiger charge is -2.15. The first-order chi connectivity index (χ1) is 10.5. The third kappa shape index (κ3) is 3.20. The van der Waals surface area contributed by atoms with Crippen molar-refractivity contribution in [2.75, 3.05) is 32.1 Å². The minimum Gasteiger partial charge on any atom is -0.466 e. The molecule has 0 radical (unpaired) electrons. The van der Waals surface area contributed by atoms with E-state index in [9.17, 15) is 14.0 Å². The standard InChI is InChI=1S/C14H14ClFN2O4/c1-22-14(21)9-7-18(4-5-19)13(20)12(9)17-11-6-8(16)2-3-10(11)15/h2-3,6,17,19H,4-5,7H2,1H3. The quantitative estimate of drug-likeness (QED) is 0.793. The summed E-state index contributed by atoms with van der Waals surface area (Å²) in [5.41, 5.74) is 0.228. The first-order valence-corrected chi connectivity index (χ1v) is 6.79. The summed E-state index contributed by atoms with van der Waals surface area (Å²) >= 11 is 5.95. The Morgan fingerprint density at radius 3 is 2.91 bits per heavy atom. The van der Waals surface area contributed by atoms with Crippen molar-refractivity contribution in [3.8, 4) is 0 Å². The Morgan fingerprint density at radius 2 is 2.27 bits per heavy atom. The summed E-state index contributed by atoms with van der Waals surface area (Å²) in [5, 5.41) is 11.9. The second-order valence-electron chi connectivity index (χ2n) is 4.54. The number of aliphatic hydroxyl groups excluding tert-OH is 1. The normalized spacial score (nSPS) is 14.5. The van der Waals surface area contributed by atoms with Gasteiger partial charge in [-0.15, -0.1) is 0 Å². The first kappa shape index (κ1) is 16.3. The van der Waals surface area contributed by atoms with E-state index in [2.05, 4.69) is 10.1 Å². The third-order valence-corrected chi connectivity index (χ3v) is 3.47. The van der Waals surface area contributed by atoms with Crippen molar-refractivity contribution < 1.29 is 23.8 Å². The molecular weight excluding hydrogens is 315 g/mol. The van der Waals surface area contributed by atoms with Gasteiger partial charge in [0.2, 0.25) is 0 Å². The van der Waals surface area contributed by atoms with Crippen LogP contribution in [0.3, 0.4) is 0 Å². The highest BCUT2D eigenvalue weighted by molar-refractivity contribution is 6.33. The molecule has 2 N–H and O–H groups in total. The van der Waals surface area contributed by atoms with E-state index in [1.807, 2.05) is 0 Å². The molecule has 0 bridgehead atoms. The zero-order valence-electron chi connectivity index (χ0n) is 11.7. The number of nitrogens with one attached hydrogen (secondary N) is 1. The minimum absolute atomic E-state index is 0.00132. The number of benzene rings is 1. The molecule has 0 spiro atoms. The van der Waals surface area contributed by atoms with E-state index in [0.29, 0.717) is 0 Å². The molecule has 0 atom stereocenters. The van der Waals surface area contributed by atoms with Crippen LogP contribution in [-0.4, -0.2) is 48.7 Å². The number of carbonyl (C=O) groups is 2. The van der Waals surface area contributed by atoms with Crippen LogP contribution in [-0.2, 0) is 14.3 Å². The summed E-state index contributed by atoms with van der Waals surface area (Å²) in [7, 11) is 1.20. The van der Waals surface area contributed by atoms with Gasteiger partial charge in [0.05, 0.1) is 36.5 Å². The number of amides is 1. The minimum atomic E-state index is -0.677. The molecule has 0 aliphatic carbocycles. The fourth-order valence-corrected chi connectivity index (χ4v) is 2.24. The molecule has 0 fully saturated rings. The number of β-amino-alcohol motifs (C(OH)–C–C–N with tert-alkyl or cyclic N) is 1. The van der Waals surface area contributed by atoms with Gasteiger partial charge in [0.15, 0.2) is 0 Å². The van der Waals surface area contributed by atoms with Crippen molar-refractivity contribution in [1.29, 1.82) is 0 Å². The first-order valence-electron chi connectivity index (χ1n) is 6.41. The van der Waals surface area contributed by atoms with Gasteiger partial charge in [-0.1, -0.05) is 11.6 Å².